The van der Waals surface area contributed by atoms with Crippen LogP contribution in [0.15, 0.2) is 16.5 Å². The highest BCUT2D eigenvalue weighted by atomic mass is 16.5. The number of hydrogen-bond donors (Lipinski definition) is 1. The highest BCUT2D eigenvalue weighted by Gasteiger charge is 2.27. The van der Waals surface area contributed by atoms with E-state index in [2.05, 4.69) is 11.4 Å². The van der Waals surface area contributed by atoms with Gasteiger partial charge in [0.1, 0.15) is 18.4 Å². The van der Waals surface area contributed by atoms with Crippen LogP contribution in [0, 0.1) is 16.7 Å². The summed E-state index contributed by atoms with van der Waals surface area (Å²) in [5.41, 5.74) is -0.327. The predicted octanol–water partition coefficient (Wildman–Crippen LogP) is 2.09. The van der Waals surface area contributed by atoms with Gasteiger partial charge in [-0.05, 0) is 17.5 Å². The molecule has 1 aromatic rings. The lowest BCUT2D eigenvalue weighted by Gasteiger charge is -2.24. The number of hydrogen-bond acceptors (Lipinski definition) is 4. The van der Waals surface area contributed by atoms with E-state index >= 15 is 0 Å². The second-order valence-electron chi connectivity index (χ2n) is 5.10. The van der Waals surface area contributed by atoms with Gasteiger partial charge >= 0.3 is 0 Å². The fraction of sp³-hybridized carbons (Fsp3) is 0.538. The molecule has 1 heterocycles. The highest BCUT2D eigenvalue weighted by Crippen LogP contribution is 2.19. The minimum absolute atomic E-state index is 0.187. The zero-order valence-electron chi connectivity index (χ0n) is 11.1. The third-order valence-corrected chi connectivity index (χ3v) is 2.44. The quantitative estimate of drug-likeness (QED) is 0.887. The molecule has 1 atom stereocenters. The molecule has 1 unspecified atom stereocenters. The maximum Gasteiger partial charge on any atom is 0.288 e. The SMILES string of the molecule is COCc1ccc(C(=O)NC(C#N)C(C)(C)C)o1. The summed E-state index contributed by atoms with van der Waals surface area (Å²) in [4.78, 5) is 11.9. The largest absolute Gasteiger partial charge is 0.453 e. The number of nitriles is 1. The minimum Gasteiger partial charge on any atom is -0.453 e. The highest BCUT2D eigenvalue weighted by molar-refractivity contribution is 5.91. The Bertz CT molecular complexity index is 452. The lowest BCUT2D eigenvalue weighted by atomic mass is 9.87. The molecule has 1 N–H and O–H groups in total. The van der Waals surface area contributed by atoms with Crippen molar-refractivity contribution in [2.45, 2.75) is 33.4 Å². The van der Waals surface area contributed by atoms with Crippen LogP contribution in [0.1, 0.15) is 37.1 Å². The lowest BCUT2D eigenvalue weighted by Crippen LogP contribution is -2.42. The van der Waals surface area contributed by atoms with Crippen molar-refractivity contribution >= 4 is 5.91 Å². The van der Waals surface area contributed by atoms with Crippen LogP contribution in [0.25, 0.3) is 0 Å². The second kappa shape index (κ2) is 5.69. The Kier molecular flexibility index (Phi) is 4.51. The van der Waals surface area contributed by atoms with Crippen LogP contribution in [0.4, 0.5) is 0 Å². The van der Waals surface area contributed by atoms with Crippen LogP contribution in [0.5, 0.6) is 0 Å². The van der Waals surface area contributed by atoms with E-state index in [-0.39, 0.29) is 17.1 Å². The molecule has 0 aliphatic rings. The average Bonchev–Trinajstić information content (AvgIpc) is 2.73. The number of carbonyl (C=O) groups is 1. The molecule has 0 spiro atoms. The van der Waals surface area contributed by atoms with Gasteiger partial charge in [-0.2, -0.15) is 5.26 Å². The molecule has 0 saturated carbocycles. The first kappa shape index (κ1) is 14.3. The van der Waals surface area contributed by atoms with E-state index in [0.29, 0.717) is 12.4 Å². The molecular weight excluding hydrogens is 232 g/mol. The summed E-state index contributed by atoms with van der Waals surface area (Å²) in [7, 11) is 1.55. The third-order valence-electron chi connectivity index (χ3n) is 2.44. The molecular formula is C13H18N2O3. The molecule has 0 radical (unpaired) electrons. The van der Waals surface area contributed by atoms with Crippen LogP contribution in [0.2, 0.25) is 0 Å². The number of methoxy groups -OCH3 is 1. The van der Waals surface area contributed by atoms with Crippen molar-refractivity contribution in [2.24, 2.45) is 5.41 Å². The summed E-state index contributed by atoms with van der Waals surface area (Å²) < 4.78 is 10.2. The Hall–Kier alpha value is -1.80. The summed E-state index contributed by atoms with van der Waals surface area (Å²) >= 11 is 0. The van der Waals surface area contributed by atoms with E-state index in [4.69, 9.17) is 14.4 Å². The number of rotatable bonds is 4. The van der Waals surface area contributed by atoms with Crippen molar-refractivity contribution < 1.29 is 13.9 Å². The first-order valence-electron chi connectivity index (χ1n) is 5.66. The van der Waals surface area contributed by atoms with E-state index in [0.717, 1.165) is 0 Å². The monoisotopic (exact) mass is 250 g/mol. The van der Waals surface area contributed by atoms with Gasteiger partial charge in [0.2, 0.25) is 0 Å². The van der Waals surface area contributed by atoms with Crippen LogP contribution in [-0.2, 0) is 11.3 Å². The minimum atomic E-state index is -0.569. The topological polar surface area (TPSA) is 75.3 Å². The zero-order valence-corrected chi connectivity index (χ0v) is 11.1. The maximum absolute atomic E-state index is 11.9. The molecule has 1 amide bonds. The van der Waals surface area contributed by atoms with Crippen molar-refractivity contribution in [1.29, 1.82) is 5.26 Å². The number of nitrogens with zero attached hydrogens (tertiary/aromatic N) is 1. The summed E-state index contributed by atoms with van der Waals surface area (Å²) in [6.45, 7) is 5.98. The smallest absolute Gasteiger partial charge is 0.288 e. The second-order valence-corrected chi connectivity index (χ2v) is 5.10. The van der Waals surface area contributed by atoms with Gasteiger partial charge in [0.15, 0.2) is 5.76 Å². The molecule has 0 bridgehead atoms. The molecule has 0 saturated heterocycles. The van der Waals surface area contributed by atoms with Gasteiger partial charge in [-0.15, -0.1) is 0 Å². The number of ether oxygens (including phenoxy) is 1. The molecule has 0 aliphatic carbocycles. The first-order chi connectivity index (χ1) is 8.38. The summed E-state index contributed by atoms with van der Waals surface area (Å²) in [5, 5.41) is 11.7. The van der Waals surface area contributed by atoms with Crippen LogP contribution < -0.4 is 5.32 Å². The van der Waals surface area contributed by atoms with Crippen molar-refractivity contribution in [3.8, 4) is 6.07 Å². The Labute approximate surface area is 107 Å². The number of furan rings is 1. The first-order valence-corrected chi connectivity index (χ1v) is 5.66. The van der Waals surface area contributed by atoms with Crippen LogP contribution in [-0.4, -0.2) is 19.1 Å². The molecule has 5 heteroatoms. The standard InChI is InChI=1S/C13H18N2O3/c1-13(2,3)11(7-14)15-12(16)10-6-5-9(18-10)8-17-4/h5-6,11H,8H2,1-4H3,(H,15,16). The van der Waals surface area contributed by atoms with Gasteiger partial charge in [-0.3, -0.25) is 4.79 Å². The number of carbonyl (C=O) groups excluding carboxylic acids is 1. The Morgan fingerprint density at radius 3 is 2.72 bits per heavy atom. The van der Waals surface area contributed by atoms with Gasteiger partial charge in [0.25, 0.3) is 5.91 Å². The van der Waals surface area contributed by atoms with E-state index in [1.54, 1.807) is 19.2 Å². The third kappa shape index (κ3) is 3.60. The normalized spacial score (nSPS) is 12.8. The van der Waals surface area contributed by atoms with E-state index in [1.807, 2.05) is 20.8 Å². The van der Waals surface area contributed by atoms with Gasteiger partial charge in [-0.25, -0.2) is 0 Å². The Balaban J connectivity index is 2.73. The van der Waals surface area contributed by atoms with Crippen LogP contribution >= 0.6 is 0 Å². The fourth-order valence-corrected chi connectivity index (χ4v) is 1.36. The van der Waals surface area contributed by atoms with E-state index in [1.165, 1.54) is 0 Å². The van der Waals surface area contributed by atoms with Gasteiger partial charge in [0, 0.05) is 7.11 Å². The predicted molar refractivity (Wildman–Crippen MR) is 65.7 cm³/mol. The number of amides is 1. The number of nitrogens with one attached hydrogen (secondary N) is 1. The van der Waals surface area contributed by atoms with Crippen molar-refractivity contribution in [1.82, 2.24) is 5.32 Å². The van der Waals surface area contributed by atoms with Crippen molar-refractivity contribution in [3.05, 3.63) is 23.7 Å². The van der Waals surface area contributed by atoms with Crippen LogP contribution in [0.3, 0.4) is 0 Å². The van der Waals surface area contributed by atoms with Gasteiger partial charge in [-0.1, -0.05) is 20.8 Å². The molecule has 5 nitrogen and oxygen atoms in total. The van der Waals surface area contributed by atoms with Crippen molar-refractivity contribution in [2.75, 3.05) is 7.11 Å². The Morgan fingerprint density at radius 2 is 2.22 bits per heavy atom. The summed E-state index contributed by atoms with van der Waals surface area (Å²) in [5.74, 6) is 0.372. The van der Waals surface area contributed by atoms with E-state index in [9.17, 15) is 4.79 Å². The summed E-state index contributed by atoms with van der Waals surface area (Å²) in [6, 6.07) is 4.76. The Morgan fingerprint density at radius 1 is 1.56 bits per heavy atom. The molecule has 1 aromatic heterocycles. The molecule has 98 valence electrons. The van der Waals surface area contributed by atoms with Crippen molar-refractivity contribution in [3.63, 3.8) is 0 Å². The van der Waals surface area contributed by atoms with Gasteiger partial charge < -0.3 is 14.5 Å². The molecule has 0 fully saturated rings. The summed E-state index contributed by atoms with van der Waals surface area (Å²) in [6.07, 6.45) is 0. The lowest BCUT2D eigenvalue weighted by molar-refractivity contribution is 0.0885. The molecule has 0 aliphatic heterocycles. The molecule has 1 rings (SSSR count). The zero-order chi connectivity index (χ0) is 13.8. The maximum atomic E-state index is 11.9. The molecule has 18 heavy (non-hydrogen) atoms. The fourth-order valence-electron chi connectivity index (χ4n) is 1.36. The average molecular weight is 250 g/mol. The van der Waals surface area contributed by atoms with Gasteiger partial charge in [0.05, 0.1) is 6.07 Å². The van der Waals surface area contributed by atoms with E-state index < -0.39 is 6.04 Å². The molecule has 0 aromatic carbocycles.